The van der Waals surface area contributed by atoms with E-state index in [1.807, 2.05) is 0 Å². The number of hydrogen-bond donors (Lipinski definition) is 1. The molecule has 0 saturated carbocycles. The van der Waals surface area contributed by atoms with Crippen molar-refractivity contribution in [3.8, 4) is 0 Å². The summed E-state index contributed by atoms with van der Waals surface area (Å²) in [6, 6.07) is 6.05. The van der Waals surface area contributed by atoms with Crippen molar-refractivity contribution in [2.75, 3.05) is 11.5 Å². The second kappa shape index (κ2) is 6.22. The third-order valence-corrected chi connectivity index (χ3v) is 5.20. The fourth-order valence-electron chi connectivity index (χ4n) is 2.23. The lowest BCUT2D eigenvalue weighted by atomic mass is 10.1. The van der Waals surface area contributed by atoms with Crippen LogP contribution in [-0.2, 0) is 14.6 Å². The van der Waals surface area contributed by atoms with Gasteiger partial charge in [0.15, 0.2) is 9.84 Å². The van der Waals surface area contributed by atoms with Crippen molar-refractivity contribution in [1.29, 1.82) is 0 Å². The molecule has 0 aromatic heterocycles. The maximum Gasteiger partial charge on any atom is 0.278 e. The van der Waals surface area contributed by atoms with Crippen LogP contribution in [0.1, 0.15) is 18.9 Å². The number of hydrogen-bond acceptors (Lipinski definition) is 6. The van der Waals surface area contributed by atoms with Crippen LogP contribution in [0.15, 0.2) is 29.4 Å². The van der Waals surface area contributed by atoms with E-state index in [1.165, 1.54) is 25.1 Å². The predicted octanol–water partition coefficient (Wildman–Crippen LogP) is 0.870. The maximum absolute atomic E-state index is 11.9. The highest BCUT2D eigenvalue weighted by Gasteiger charge is 2.32. The third-order valence-electron chi connectivity index (χ3n) is 3.43. The van der Waals surface area contributed by atoms with Gasteiger partial charge in [-0.15, -0.1) is 0 Å². The minimum Gasteiger partial charge on any atom is -0.273 e. The average Bonchev–Trinajstić information content (AvgIpc) is 2.84. The Balaban J connectivity index is 2.11. The molecule has 1 aliphatic heterocycles. The largest absolute Gasteiger partial charge is 0.278 e. The van der Waals surface area contributed by atoms with Crippen LogP contribution in [0, 0.1) is 16.0 Å². The van der Waals surface area contributed by atoms with Crippen LogP contribution in [0.25, 0.3) is 0 Å². The van der Waals surface area contributed by atoms with E-state index in [4.69, 9.17) is 0 Å². The summed E-state index contributed by atoms with van der Waals surface area (Å²) in [7, 11) is -3.15. The lowest BCUT2D eigenvalue weighted by Crippen LogP contribution is -2.28. The van der Waals surface area contributed by atoms with Gasteiger partial charge >= 0.3 is 0 Å². The number of nitrogens with zero attached hydrogens (tertiary/aromatic N) is 2. The second-order valence-corrected chi connectivity index (χ2v) is 7.28. The molecule has 22 heavy (non-hydrogen) atoms. The van der Waals surface area contributed by atoms with Gasteiger partial charge in [-0.05, 0) is 19.4 Å². The van der Waals surface area contributed by atoms with Crippen LogP contribution >= 0.6 is 0 Å². The van der Waals surface area contributed by atoms with Gasteiger partial charge < -0.3 is 0 Å². The Morgan fingerprint density at radius 2 is 2.09 bits per heavy atom. The van der Waals surface area contributed by atoms with Crippen molar-refractivity contribution in [2.24, 2.45) is 11.0 Å². The number of hydrazone groups is 1. The molecule has 1 aromatic rings. The number of para-hydroxylation sites is 1. The van der Waals surface area contributed by atoms with E-state index >= 15 is 0 Å². The number of benzene rings is 1. The summed E-state index contributed by atoms with van der Waals surface area (Å²) in [6.45, 7) is 1.54. The molecule has 1 N–H and O–H groups in total. The average molecular weight is 325 g/mol. The minimum absolute atomic E-state index is 0.00204. The zero-order valence-corrected chi connectivity index (χ0v) is 12.7. The number of rotatable bonds is 4. The molecular weight excluding hydrogens is 310 g/mol. The van der Waals surface area contributed by atoms with E-state index in [-0.39, 0.29) is 29.3 Å². The summed E-state index contributed by atoms with van der Waals surface area (Å²) in [5, 5.41) is 14.8. The number of carbonyl (C=O) groups is 1. The van der Waals surface area contributed by atoms with E-state index < -0.39 is 26.6 Å². The van der Waals surface area contributed by atoms with Crippen molar-refractivity contribution in [3.05, 3.63) is 39.9 Å². The summed E-state index contributed by atoms with van der Waals surface area (Å²) in [4.78, 5) is 22.3. The summed E-state index contributed by atoms with van der Waals surface area (Å²) >= 11 is 0. The summed E-state index contributed by atoms with van der Waals surface area (Å²) in [5.41, 5.74) is 2.76. The van der Waals surface area contributed by atoms with Crippen LogP contribution in [0.5, 0.6) is 0 Å². The molecule has 1 aliphatic rings. The Bertz CT molecular complexity index is 742. The highest BCUT2D eigenvalue weighted by molar-refractivity contribution is 7.91. The van der Waals surface area contributed by atoms with Gasteiger partial charge in [0.2, 0.25) is 5.91 Å². The number of sulfone groups is 1. The van der Waals surface area contributed by atoms with Crippen LogP contribution in [0.4, 0.5) is 5.69 Å². The summed E-state index contributed by atoms with van der Waals surface area (Å²) < 4.78 is 22.7. The lowest BCUT2D eigenvalue weighted by Gasteiger charge is -2.07. The number of carbonyl (C=O) groups excluding carboxylic acids is 1. The van der Waals surface area contributed by atoms with Crippen molar-refractivity contribution >= 4 is 27.1 Å². The van der Waals surface area contributed by atoms with Gasteiger partial charge in [-0.1, -0.05) is 12.1 Å². The molecule has 8 nitrogen and oxygen atoms in total. The van der Waals surface area contributed by atoms with Crippen molar-refractivity contribution in [3.63, 3.8) is 0 Å². The fraction of sp³-hybridized carbons (Fsp3) is 0.385. The zero-order chi connectivity index (χ0) is 16.3. The van der Waals surface area contributed by atoms with E-state index in [0.717, 1.165) is 0 Å². The Morgan fingerprint density at radius 3 is 2.68 bits per heavy atom. The van der Waals surface area contributed by atoms with Crippen molar-refractivity contribution in [1.82, 2.24) is 5.43 Å². The van der Waals surface area contributed by atoms with Gasteiger partial charge in [0.25, 0.3) is 5.69 Å². The second-order valence-electron chi connectivity index (χ2n) is 5.05. The first-order valence-electron chi connectivity index (χ1n) is 6.58. The Labute approximate surface area is 127 Å². The molecule has 1 atom stereocenters. The molecule has 118 valence electrons. The Hall–Kier alpha value is -2.29. The first-order chi connectivity index (χ1) is 10.3. The van der Waals surface area contributed by atoms with Gasteiger partial charge in [0.1, 0.15) is 0 Å². The van der Waals surface area contributed by atoms with Crippen LogP contribution in [-0.4, -0.2) is 36.5 Å². The van der Waals surface area contributed by atoms with Crippen LogP contribution in [0.3, 0.4) is 0 Å². The van der Waals surface area contributed by atoms with Crippen LogP contribution < -0.4 is 5.43 Å². The molecule has 1 amide bonds. The monoisotopic (exact) mass is 325 g/mol. The molecular formula is C13H15N3O5S. The Morgan fingerprint density at radius 1 is 1.41 bits per heavy atom. The fourth-order valence-corrected chi connectivity index (χ4v) is 3.97. The molecule has 0 aliphatic carbocycles. The minimum atomic E-state index is -3.15. The first kappa shape index (κ1) is 16.1. The standard InChI is InChI=1S/C13H15N3O5S/c1-9(11-4-2-3-5-12(11)16(18)19)14-15-13(17)10-6-7-22(20,21)8-10/h2-5,10H,6-8H2,1H3,(H,15,17)/b14-9-/t10-/m1/s1. The van der Waals surface area contributed by atoms with Crippen molar-refractivity contribution < 1.29 is 18.1 Å². The molecule has 1 aromatic carbocycles. The molecule has 1 heterocycles. The van der Waals surface area contributed by atoms with Gasteiger partial charge in [0, 0.05) is 6.07 Å². The highest BCUT2D eigenvalue weighted by atomic mass is 32.2. The van der Waals surface area contributed by atoms with E-state index in [2.05, 4.69) is 10.5 Å². The molecule has 0 spiro atoms. The van der Waals surface area contributed by atoms with Crippen LogP contribution in [0.2, 0.25) is 0 Å². The molecule has 0 bridgehead atoms. The highest BCUT2D eigenvalue weighted by Crippen LogP contribution is 2.20. The summed E-state index contributed by atoms with van der Waals surface area (Å²) in [5.74, 6) is -1.29. The number of nitro benzene ring substituents is 1. The Kier molecular flexibility index (Phi) is 4.55. The van der Waals surface area contributed by atoms with Gasteiger partial charge in [0.05, 0.1) is 33.6 Å². The molecule has 0 unspecified atom stereocenters. The zero-order valence-electron chi connectivity index (χ0n) is 11.9. The van der Waals surface area contributed by atoms with Gasteiger partial charge in [-0.25, -0.2) is 13.8 Å². The third kappa shape index (κ3) is 3.67. The maximum atomic E-state index is 11.9. The number of amides is 1. The number of nitrogens with one attached hydrogen (secondary N) is 1. The number of nitro groups is 1. The molecule has 0 radical (unpaired) electrons. The normalized spacial score (nSPS) is 20.6. The lowest BCUT2D eigenvalue weighted by molar-refractivity contribution is -0.385. The first-order valence-corrected chi connectivity index (χ1v) is 8.40. The molecule has 9 heteroatoms. The molecule has 1 fully saturated rings. The molecule has 1 saturated heterocycles. The van der Waals surface area contributed by atoms with E-state index in [1.54, 1.807) is 6.07 Å². The van der Waals surface area contributed by atoms with Gasteiger partial charge in [-0.3, -0.25) is 14.9 Å². The smallest absolute Gasteiger partial charge is 0.273 e. The SMILES string of the molecule is C/C(=N/NC(=O)[C@@H]1CCS(=O)(=O)C1)c1ccccc1[N+](=O)[O-]. The molecule has 2 rings (SSSR count). The van der Waals surface area contributed by atoms with E-state index in [9.17, 15) is 23.3 Å². The summed E-state index contributed by atoms with van der Waals surface area (Å²) in [6.07, 6.45) is 0.272. The quantitative estimate of drug-likeness (QED) is 0.500. The topological polar surface area (TPSA) is 119 Å². The van der Waals surface area contributed by atoms with Crippen molar-refractivity contribution in [2.45, 2.75) is 13.3 Å². The van der Waals surface area contributed by atoms with E-state index in [0.29, 0.717) is 5.56 Å². The van der Waals surface area contributed by atoms with Gasteiger partial charge in [-0.2, -0.15) is 5.10 Å². The predicted molar refractivity (Wildman–Crippen MR) is 80.2 cm³/mol.